The van der Waals surface area contributed by atoms with Crippen LogP contribution in [0, 0.1) is 34.5 Å². The van der Waals surface area contributed by atoms with Crippen LogP contribution in [0.25, 0.3) is 0 Å². The Hall–Kier alpha value is -0.520. The highest BCUT2D eigenvalue weighted by Gasteiger charge is 3.01. The van der Waals surface area contributed by atoms with E-state index >= 15 is 0 Å². The lowest BCUT2D eigenvalue weighted by Gasteiger charge is -2.93. The van der Waals surface area contributed by atoms with Crippen LogP contribution in [0.2, 0.25) is 20.1 Å². The number of alkyl halides is 1. The summed E-state index contributed by atoms with van der Waals surface area (Å²) in [5.41, 5.74) is -2.28. The maximum atomic E-state index is 13.4. The minimum atomic E-state index is -1.71. The lowest BCUT2D eigenvalue weighted by molar-refractivity contribution is -0.448. The molecule has 6 rings (SSSR count). The molecule has 4 aliphatic carbocycles. The van der Waals surface area contributed by atoms with Crippen molar-refractivity contribution in [2.45, 2.75) is 16.6 Å². The molecule has 8 unspecified atom stereocenters. The number of fused-ring (bicyclic) bond motifs is 3. The molecule has 164 valence electrons. The first-order chi connectivity index (χ1) is 14.6. The van der Waals surface area contributed by atoms with Crippen molar-refractivity contribution in [1.82, 2.24) is 5.06 Å². The summed E-state index contributed by atoms with van der Waals surface area (Å²) in [6.07, 6.45) is -1.22. The molecule has 1 heterocycles. The van der Waals surface area contributed by atoms with E-state index in [1.807, 2.05) is 0 Å². The molecule has 0 radical (unpaired) electrons. The fourth-order valence-electron chi connectivity index (χ4n) is 7.08. The second-order valence-electron chi connectivity index (χ2n) is 8.66. The molecule has 4 saturated carbocycles. The van der Waals surface area contributed by atoms with Gasteiger partial charge < -0.3 is 14.7 Å². The minimum Gasteiger partial charge on any atom is -0.469 e. The van der Waals surface area contributed by atoms with Crippen molar-refractivity contribution in [1.29, 1.82) is 0 Å². The molecule has 0 saturated heterocycles. The second-order valence-corrected chi connectivity index (χ2v) is 11.5. The summed E-state index contributed by atoms with van der Waals surface area (Å²) in [6, 6.07) is 0. The number of esters is 1. The summed E-state index contributed by atoms with van der Waals surface area (Å²) in [7, 11) is 1.30. The van der Waals surface area contributed by atoms with Crippen LogP contribution in [-0.4, -0.2) is 39.0 Å². The Morgan fingerprint density at radius 2 is 1.74 bits per heavy atom. The van der Waals surface area contributed by atoms with Gasteiger partial charge >= 0.3 is 11.9 Å². The molecule has 4 fully saturated rings. The van der Waals surface area contributed by atoms with E-state index in [2.05, 4.69) is 22.6 Å². The number of carbonyl (C=O) groups excluding carboxylic acids is 3. The van der Waals surface area contributed by atoms with Gasteiger partial charge in [-0.05, 0) is 30.1 Å². The monoisotopic (exact) mass is 617 g/mol. The highest BCUT2D eigenvalue weighted by Crippen LogP contribution is 2.96. The van der Waals surface area contributed by atoms with Gasteiger partial charge in [0.1, 0.15) is 0 Å². The van der Waals surface area contributed by atoms with Crippen molar-refractivity contribution < 1.29 is 29.1 Å². The van der Waals surface area contributed by atoms with Gasteiger partial charge in [0.05, 0.1) is 43.6 Å². The smallest absolute Gasteiger partial charge is 0.340 e. The predicted octanol–water partition coefficient (Wildman–Crippen LogP) is 4.06. The molecule has 0 aromatic heterocycles. The number of nitrogens with zero attached hydrogens (tertiary/aromatic N) is 1. The number of ether oxygens (including phenoxy) is 1. The Morgan fingerprint density at radius 1 is 1.10 bits per heavy atom. The van der Waals surface area contributed by atoms with Crippen LogP contribution >= 0.6 is 69.0 Å². The summed E-state index contributed by atoms with van der Waals surface area (Å²) < 4.78 is 5.02. The first kappa shape index (κ1) is 21.0. The highest BCUT2D eigenvalue weighted by molar-refractivity contribution is 14.1. The van der Waals surface area contributed by atoms with Gasteiger partial charge in [-0.25, -0.2) is 4.79 Å². The summed E-state index contributed by atoms with van der Waals surface area (Å²) in [5, 5.41) is 10.6. The molecule has 12 heteroatoms. The molecular weight excluding hydrogens is 607 g/mol. The number of amides is 1. The van der Waals surface area contributed by atoms with E-state index in [-0.39, 0.29) is 47.0 Å². The van der Waals surface area contributed by atoms with E-state index < -0.39 is 34.9 Å². The van der Waals surface area contributed by atoms with Crippen LogP contribution in [0.5, 0.6) is 0 Å². The number of hydroxylamine groups is 2. The fraction of sp³-hybridized carbons (Fsp3) is 0.526. The van der Waals surface area contributed by atoms with Gasteiger partial charge in [-0.1, -0.05) is 69.0 Å². The number of benzene rings is 1. The first-order valence-electron chi connectivity index (χ1n) is 9.41. The van der Waals surface area contributed by atoms with E-state index in [4.69, 9.17) is 56.0 Å². The number of carbonyl (C=O) groups is 3. The fourth-order valence-corrected chi connectivity index (χ4v) is 10.3. The SMILES string of the molecule is COC(=O)C12C(I)C3C4CC1(C(=O)ON1C(=O)c5c(Cl)c(Cl)c(Cl)c(Cl)c5C1O)C4C32. The molecular formula is C19H12Cl4INO6. The van der Waals surface area contributed by atoms with Crippen molar-refractivity contribution >= 4 is 86.8 Å². The third-order valence-corrected chi connectivity index (χ3v) is 11.8. The third-order valence-electron chi connectivity index (χ3n) is 8.19. The molecule has 1 aromatic rings. The molecule has 7 nitrogen and oxygen atoms in total. The van der Waals surface area contributed by atoms with Gasteiger partial charge in [-0.15, -0.1) is 5.06 Å². The van der Waals surface area contributed by atoms with Crippen LogP contribution in [0.3, 0.4) is 0 Å². The molecule has 8 atom stereocenters. The quantitative estimate of drug-likeness (QED) is 0.181. The topological polar surface area (TPSA) is 93.1 Å². The van der Waals surface area contributed by atoms with Gasteiger partial charge in [0.25, 0.3) is 5.91 Å². The summed E-state index contributed by atoms with van der Waals surface area (Å²) in [6.45, 7) is 0. The average molecular weight is 619 g/mol. The second kappa shape index (κ2) is 6.13. The Balaban J connectivity index is 1.35. The zero-order chi connectivity index (χ0) is 22.4. The number of aliphatic hydroxyl groups is 1. The number of hydrogen-bond acceptors (Lipinski definition) is 6. The van der Waals surface area contributed by atoms with Crippen molar-refractivity contribution in [2.24, 2.45) is 34.5 Å². The number of aliphatic hydroxyl groups excluding tert-OH is 1. The summed E-state index contributed by atoms with van der Waals surface area (Å²) >= 11 is 26.6. The normalized spacial score (nSPS) is 42.4. The molecule has 0 bridgehead atoms. The van der Waals surface area contributed by atoms with Crippen LogP contribution in [0.4, 0.5) is 0 Å². The number of halogens is 5. The maximum Gasteiger partial charge on any atom is 0.340 e. The highest BCUT2D eigenvalue weighted by atomic mass is 127. The zero-order valence-electron chi connectivity index (χ0n) is 15.5. The van der Waals surface area contributed by atoms with Crippen LogP contribution in [-0.2, 0) is 19.2 Å². The Kier molecular flexibility index (Phi) is 4.16. The van der Waals surface area contributed by atoms with Gasteiger partial charge in [0.15, 0.2) is 6.23 Å². The lowest BCUT2D eigenvalue weighted by atomic mass is 9.09. The molecule has 1 aliphatic heterocycles. The first-order valence-corrected chi connectivity index (χ1v) is 12.2. The standard InChI is InChI=1S/C19H12Cl4INO6/c1-30-17(29)19-8-4(13(19)24)3-2-18(19,7(3)8)16(28)31-25-14(26)5-6(15(25)27)10(21)12(23)11(22)9(5)20/h3-4,7-8,13-14,26H,2H2,1H3. The Bertz CT molecular complexity index is 1140. The number of hydrogen-bond donors (Lipinski definition) is 1. The summed E-state index contributed by atoms with van der Waals surface area (Å²) in [5.74, 6) is -1.13. The van der Waals surface area contributed by atoms with E-state index in [0.717, 1.165) is 0 Å². The molecule has 5 aliphatic rings. The van der Waals surface area contributed by atoms with E-state index in [1.165, 1.54) is 7.11 Å². The van der Waals surface area contributed by atoms with E-state index in [0.29, 0.717) is 23.3 Å². The van der Waals surface area contributed by atoms with Crippen molar-refractivity contribution in [3.8, 4) is 0 Å². The van der Waals surface area contributed by atoms with Crippen LogP contribution < -0.4 is 0 Å². The van der Waals surface area contributed by atoms with Gasteiger partial charge in [0.2, 0.25) is 0 Å². The van der Waals surface area contributed by atoms with Crippen molar-refractivity contribution in [3.05, 3.63) is 31.2 Å². The zero-order valence-corrected chi connectivity index (χ0v) is 20.7. The maximum absolute atomic E-state index is 13.4. The Morgan fingerprint density at radius 3 is 2.32 bits per heavy atom. The Labute approximate surface area is 209 Å². The molecule has 1 aromatic carbocycles. The van der Waals surface area contributed by atoms with Crippen molar-refractivity contribution in [2.75, 3.05) is 7.11 Å². The van der Waals surface area contributed by atoms with Gasteiger partial charge in [-0.2, -0.15) is 0 Å². The molecule has 1 N–H and O–H groups in total. The molecule has 31 heavy (non-hydrogen) atoms. The average Bonchev–Trinajstić information content (AvgIpc) is 2.99. The van der Waals surface area contributed by atoms with E-state index in [9.17, 15) is 19.5 Å². The number of methoxy groups -OCH3 is 1. The summed E-state index contributed by atoms with van der Waals surface area (Å²) in [4.78, 5) is 44.6. The predicted molar refractivity (Wildman–Crippen MR) is 117 cm³/mol. The van der Waals surface area contributed by atoms with Crippen LogP contribution in [0.15, 0.2) is 0 Å². The molecule has 0 spiro atoms. The third kappa shape index (κ3) is 1.86. The van der Waals surface area contributed by atoms with E-state index in [1.54, 1.807) is 0 Å². The van der Waals surface area contributed by atoms with Gasteiger partial charge in [0, 0.05) is 9.49 Å². The largest absolute Gasteiger partial charge is 0.469 e. The minimum absolute atomic E-state index is 0.0309. The molecule has 1 amide bonds. The lowest BCUT2D eigenvalue weighted by Crippen LogP contribution is -2.99. The van der Waals surface area contributed by atoms with Gasteiger partial charge in [-0.3, -0.25) is 9.59 Å². The van der Waals surface area contributed by atoms with Crippen molar-refractivity contribution in [3.63, 3.8) is 0 Å². The number of rotatable bonds is 3. The van der Waals surface area contributed by atoms with Crippen LogP contribution in [0.1, 0.15) is 28.6 Å².